The summed E-state index contributed by atoms with van der Waals surface area (Å²) in [4.78, 5) is 11.9. The molecule has 0 bridgehead atoms. The van der Waals surface area contributed by atoms with Gasteiger partial charge in [-0.15, -0.1) is 0 Å². The average Bonchev–Trinajstić information content (AvgIpc) is 2.46. The minimum absolute atomic E-state index is 0.463. The molecule has 2 aromatic carbocycles. The van der Waals surface area contributed by atoms with E-state index in [1.807, 2.05) is 69.3 Å². The largest absolute Gasteiger partial charge is 0.444 e. The van der Waals surface area contributed by atoms with E-state index in [9.17, 15) is 4.79 Å². The Hall–Kier alpha value is -2.01. The Kier molecular flexibility index (Phi) is 5.66. The number of ether oxygens (including phenoxy) is 1. The molecular weight excluding hydrogens is 356 g/mol. The molecule has 23 heavy (non-hydrogen) atoms. The number of amides is 1. The van der Waals surface area contributed by atoms with E-state index in [4.69, 9.17) is 4.74 Å². The monoisotopic (exact) mass is 376 g/mol. The third-order valence-electron chi connectivity index (χ3n) is 2.96. The third-order valence-corrected chi connectivity index (χ3v) is 3.49. The second kappa shape index (κ2) is 7.51. The summed E-state index contributed by atoms with van der Waals surface area (Å²) >= 11 is 3.42. The lowest BCUT2D eigenvalue weighted by Gasteiger charge is -2.20. The molecule has 2 N–H and O–H groups in total. The first-order valence-electron chi connectivity index (χ1n) is 7.41. The van der Waals surface area contributed by atoms with Crippen molar-refractivity contribution >= 4 is 33.4 Å². The van der Waals surface area contributed by atoms with Crippen LogP contribution in [0.2, 0.25) is 0 Å². The molecule has 4 nitrogen and oxygen atoms in total. The van der Waals surface area contributed by atoms with E-state index in [1.165, 1.54) is 0 Å². The van der Waals surface area contributed by atoms with Gasteiger partial charge in [0.1, 0.15) is 5.60 Å². The number of benzene rings is 2. The highest BCUT2D eigenvalue weighted by Crippen LogP contribution is 2.23. The summed E-state index contributed by atoms with van der Waals surface area (Å²) in [5, 5.41) is 6.11. The molecular formula is C18H21BrN2O2. The Balaban J connectivity index is 2.02. The van der Waals surface area contributed by atoms with Crippen molar-refractivity contribution in [1.82, 2.24) is 0 Å². The first kappa shape index (κ1) is 17.3. The van der Waals surface area contributed by atoms with Gasteiger partial charge in [0, 0.05) is 11.0 Å². The van der Waals surface area contributed by atoms with Crippen molar-refractivity contribution in [3.63, 3.8) is 0 Å². The van der Waals surface area contributed by atoms with E-state index in [0.717, 1.165) is 15.7 Å². The maximum absolute atomic E-state index is 11.9. The number of hydrogen-bond acceptors (Lipinski definition) is 3. The molecule has 0 aliphatic carbocycles. The lowest BCUT2D eigenvalue weighted by molar-refractivity contribution is 0.0636. The maximum atomic E-state index is 11.9. The van der Waals surface area contributed by atoms with Crippen LogP contribution in [0.5, 0.6) is 0 Å². The minimum Gasteiger partial charge on any atom is -0.444 e. The molecule has 2 aromatic rings. The fourth-order valence-electron chi connectivity index (χ4n) is 1.96. The molecule has 0 aliphatic rings. The highest BCUT2D eigenvalue weighted by atomic mass is 79.9. The summed E-state index contributed by atoms with van der Waals surface area (Å²) in [6, 6.07) is 15.6. The smallest absolute Gasteiger partial charge is 0.412 e. The minimum atomic E-state index is -0.524. The van der Waals surface area contributed by atoms with E-state index in [1.54, 1.807) is 0 Å². The zero-order chi connectivity index (χ0) is 16.9. The third kappa shape index (κ3) is 5.94. The number of nitrogens with one attached hydrogen (secondary N) is 2. The van der Waals surface area contributed by atoms with Gasteiger partial charge in [-0.1, -0.05) is 40.2 Å². The van der Waals surface area contributed by atoms with Crippen LogP contribution in [0.25, 0.3) is 0 Å². The molecule has 0 radical (unpaired) electrons. The van der Waals surface area contributed by atoms with Crippen LogP contribution in [-0.2, 0) is 11.3 Å². The van der Waals surface area contributed by atoms with Crippen LogP contribution in [0.3, 0.4) is 0 Å². The number of carbonyl (C=O) groups is 1. The lowest BCUT2D eigenvalue weighted by atomic mass is 10.2. The maximum Gasteiger partial charge on any atom is 0.412 e. The first-order chi connectivity index (χ1) is 10.8. The van der Waals surface area contributed by atoms with Crippen molar-refractivity contribution in [2.75, 3.05) is 10.6 Å². The summed E-state index contributed by atoms with van der Waals surface area (Å²) in [6.07, 6.45) is -0.463. The van der Waals surface area contributed by atoms with Crippen molar-refractivity contribution < 1.29 is 9.53 Å². The SMILES string of the molecule is CC(C)(C)OC(=O)Nc1ccccc1NCc1ccc(Br)cc1. The molecule has 1 amide bonds. The standard InChI is InChI=1S/C18H21BrN2O2/c1-18(2,3)23-17(22)21-16-7-5-4-6-15(16)20-12-13-8-10-14(19)11-9-13/h4-11,20H,12H2,1-3H3,(H,21,22). The highest BCUT2D eigenvalue weighted by Gasteiger charge is 2.17. The summed E-state index contributed by atoms with van der Waals surface area (Å²) in [5.41, 5.74) is 2.17. The van der Waals surface area contributed by atoms with Crippen LogP contribution >= 0.6 is 15.9 Å². The molecule has 0 saturated heterocycles. The molecule has 0 heterocycles. The first-order valence-corrected chi connectivity index (χ1v) is 8.20. The van der Waals surface area contributed by atoms with Crippen molar-refractivity contribution in [2.24, 2.45) is 0 Å². The van der Waals surface area contributed by atoms with Gasteiger partial charge in [0.05, 0.1) is 11.4 Å². The Morgan fingerprint density at radius 1 is 1.04 bits per heavy atom. The normalized spacial score (nSPS) is 11.0. The van der Waals surface area contributed by atoms with Gasteiger partial charge < -0.3 is 10.1 Å². The number of rotatable bonds is 4. The van der Waals surface area contributed by atoms with Crippen LogP contribution in [0, 0.1) is 0 Å². The van der Waals surface area contributed by atoms with E-state index in [-0.39, 0.29) is 0 Å². The molecule has 0 aromatic heterocycles. The topological polar surface area (TPSA) is 50.4 Å². The van der Waals surface area contributed by atoms with Crippen LogP contribution < -0.4 is 10.6 Å². The van der Waals surface area contributed by atoms with E-state index >= 15 is 0 Å². The molecule has 0 fully saturated rings. The second-order valence-electron chi connectivity index (χ2n) is 6.15. The summed E-state index contributed by atoms with van der Waals surface area (Å²) in [5.74, 6) is 0. The number of halogens is 1. The van der Waals surface area contributed by atoms with Crippen LogP contribution in [-0.4, -0.2) is 11.7 Å². The number of para-hydroxylation sites is 2. The van der Waals surface area contributed by atoms with E-state index < -0.39 is 11.7 Å². The van der Waals surface area contributed by atoms with Gasteiger partial charge in [-0.3, -0.25) is 5.32 Å². The van der Waals surface area contributed by atoms with E-state index in [0.29, 0.717) is 12.2 Å². The number of anilines is 2. The van der Waals surface area contributed by atoms with Crippen molar-refractivity contribution in [3.8, 4) is 0 Å². The second-order valence-corrected chi connectivity index (χ2v) is 7.07. The van der Waals surface area contributed by atoms with Gasteiger partial charge in [0.15, 0.2) is 0 Å². The van der Waals surface area contributed by atoms with Gasteiger partial charge in [-0.05, 0) is 50.6 Å². The Morgan fingerprint density at radius 3 is 2.26 bits per heavy atom. The predicted molar refractivity (Wildman–Crippen MR) is 97.8 cm³/mol. The van der Waals surface area contributed by atoms with Crippen molar-refractivity contribution in [3.05, 3.63) is 58.6 Å². The summed E-state index contributed by atoms with van der Waals surface area (Å²) in [7, 11) is 0. The van der Waals surface area contributed by atoms with Gasteiger partial charge in [-0.25, -0.2) is 4.79 Å². The Morgan fingerprint density at radius 2 is 1.65 bits per heavy atom. The number of carbonyl (C=O) groups excluding carboxylic acids is 1. The molecule has 0 spiro atoms. The van der Waals surface area contributed by atoms with Gasteiger partial charge in [0.2, 0.25) is 0 Å². The molecule has 0 saturated carbocycles. The molecule has 122 valence electrons. The highest BCUT2D eigenvalue weighted by molar-refractivity contribution is 9.10. The molecule has 0 atom stereocenters. The van der Waals surface area contributed by atoms with Crippen LogP contribution in [0.15, 0.2) is 53.0 Å². The molecule has 0 aliphatic heterocycles. The summed E-state index contributed by atoms with van der Waals surface area (Å²) in [6.45, 7) is 6.18. The lowest BCUT2D eigenvalue weighted by Crippen LogP contribution is -2.27. The summed E-state index contributed by atoms with van der Waals surface area (Å²) < 4.78 is 6.34. The van der Waals surface area contributed by atoms with Crippen LogP contribution in [0.1, 0.15) is 26.3 Å². The average molecular weight is 377 g/mol. The van der Waals surface area contributed by atoms with E-state index in [2.05, 4.69) is 26.6 Å². The van der Waals surface area contributed by atoms with Gasteiger partial charge >= 0.3 is 6.09 Å². The Bertz CT molecular complexity index is 663. The predicted octanol–water partition coefficient (Wildman–Crippen LogP) is 5.41. The quantitative estimate of drug-likeness (QED) is 0.749. The van der Waals surface area contributed by atoms with Crippen LogP contribution in [0.4, 0.5) is 16.2 Å². The number of hydrogen-bond donors (Lipinski definition) is 2. The van der Waals surface area contributed by atoms with Crippen molar-refractivity contribution in [2.45, 2.75) is 32.9 Å². The fraction of sp³-hybridized carbons (Fsp3) is 0.278. The van der Waals surface area contributed by atoms with Gasteiger partial charge in [-0.2, -0.15) is 0 Å². The van der Waals surface area contributed by atoms with Crippen molar-refractivity contribution in [1.29, 1.82) is 0 Å². The zero-order valence-electron chi connectivity index (χ0n) is 13.5. The fourth-order valence-corrected chi connectivity index (χ4v) is 2.22. The molecule has 0 unspecified atom stereocenters. The van der Waals surface area contributed by atoms with Gasteiger partial charge in [0.25, 0.3) is 0 Å². The Labute approximate surface area is 145 Å². The molecule has 2 rings (SSSR count). The zero-order valence-corrected chi connectivity index (χ0v) is 15.1. The molecule has 5 heteroatoms.